The molecule has 0 heterocycles. The van der Waals surface area contributed by atoms with Crippen LogP contribution < -0.4 is 5.32 Å². The molecule has 0 saturated carbocycles. The Bertz CT molecular complexity index is 452. The number of amides is 1. The summed E-state index contributed by atoms with van der Waals surface area (Å²) in [5, 5.41) is 19.4. The van der Waals surface area contributed by atoms with Crippen molar-refractivity contribution < 1.29 is 24.2 Å². The van der Waals surface area contributed by atoms with Crippen molar-refractivity contribution in [2.24, 2.45) is 0 Å². The third kappa shape index (κ3) is 3.50. The van der Waals surface area contributed by atoms with Gasteiger partial charge in [0.2, 0.25) is 0 Å². The van der Waals surface area contributed by atoms with Crippen molar-refractivity contribution >= 4 is 27.8 Å². The van der Waals surface area contributed by atoms with Crippen LogP contribution in [-0.2, 0) is 4.79 Å². The first kappa shape index (κ1) is 13.6. The average Bonchev–Trinajstić information content (AvgIpc) is 2.28. The fraction of sp³-hybridized carbons (Fsp3) is 0.200. The van der Waals surface area contributed by atoms with Crippen LogP contribution in [0.5, 0.6) is 0 Å². The summed E-state index contributed by atoms with van der Waals surface area (Å²) < 4.78 is 13.3. The van der Waals surface area contributed by atoms with E-state index in [9.17, 15) is 14.0 Å². The van der Waals surface area contributed by atoms with Gasteiger partial charge in [0.15, 0.2) is 6.04 Å². The van der Waals surface area contributed by atoms with E-state index < -0.39 is 30.3 Å². The molecule has 1 rings (SSSR count). The van der Waals surface area contributed by atoms with Crippen molar-refractivity contribution in [2.45, 2.75) is 6.04 Å². The van der Waals surface area contributed by atoms with E-state index in [1.165, 1.54) is 6.07 Å². The predicted molar refractivity (Wildman–Crippen MR) is 60.1 cm³/mol. The number of carbonyl (C=O) groups is 2. The SMILES string of the molecule is O=C(NC(CO)C(=O)O)c1cc(F)ccc1Br. The van der Waals surface area contributed by atoms with Crippen LogP contribution in [0.15, 0.2) is 22.7 Å². The molecule has 0 saturated heterocycles. The van der Waals surface area contributed by atoms with Gasteiger partial charge in [0, 0.05) is 4.47 Å². The molecule has 0 aliphatic heterocycles. The Morgan fingerprint density at radius 2 is 2.12 bits per heavy atom. The standard InChI is InChI=1S/C10H9BrFNO4/c11-7-2-1-5(12)3-6(7)9(15)13-8(4-14)10(16)17/h1-3,8,14H,4H2,(H,13,15)(H,16,17). The maximum absolute atomic E-state index is 12.9. The van der Waals surface area contributed by atoms with E-state index in [1.807, 2.05) is 0 Å². The van der Waals surface area contributed by atoms with E-state index in [0.29, 0.717) is 4.47 Å². The number of halogens is 2. The lowest BCUT2D eigenvalue weighted by Crippen LogP contribution is -2.43. The molecule has 0 aromatic heterocycles. The lowest BCUT2D eigenvalue weighted by atomic mass is 10.2. The Morgan fingerprint density at radius 3 is 2.65 bits per heavy atom. The number of hydrogen-bond donors (Lipinski definition) is 3. The first-order valence-corrected chi connectivity index (χ1v) is 5.34. The van der Waals surface area contributed by atoms with Gasteiger partial charge in [0.1, 0.15) is 5.82 Å². The molecule has 7 heteroatoms. The van der Waals surface area contributed by atoms with Crippen molar-refractivity contribution in [3.8, 4) is 0 Å². The summed E-state index contributed by atoms with van der Waals surface area (Å²) in [6.45, 7) is -0.742. The van der Waals surface area contributed by atoms with Crippen molar-refractivity contribution in [2.75, 3.05) is 6.61 Å². The Kier molecular flexibility index (Phi) is 4.59. The summed E-state index contributed by atoms with van der Waals surface area (Å²) in [7, 11) is 0. The molecular formula is C10H9BrFNO4. The van der Waals surface area contributed by atoms with Crippen molar-refractivity contribution in [3.63, 3.8) is 0 Å². The second kappa shape index (κ2) is 5.74. The van der Waals surface area contributed by atoms with Crippen LogP contribution in [0.4, 0.5) is 4.39 Å². The summed E-state index contributed by atoms with van der Waals surface area (Å²) >= 11 is 3.04. The topological polar surface area (TPSA) is 86.6 Å². The number of rotatable bonds is 4. The fourth-order valence-electron chi connectivity index (χ4n) is 1.09. The van der Waals surface area contributed by atoms with Gasteiger partial charge in [-0.2, -0.15) is 0 Å². The third-order valence-electron chi connectivity index (χ3n) is 1.96. The fourth-order valence-corrected chi connectivity index (χ4v) is 1.52. The molecule has 1 aromatic rings. The lowest BCUT2D eigenvalue weighted by molar-refractivity contribution is -0.140. The first-order valence-electron chi connectivity index (χ1n) is 4.55. The van der Waals surface area contributed by atoms with E-state index in [0.717, 1.165) is 12.1 Å². The largest absolute Gasteiger partial charge is 0.480 e. The number of carboxylic acids is 1. The van der Waals surface area contributed by atoms with Crippen LogP contribution in [0, 0.1) is 5.82 Å². The molecule has 0 spiro atoms. The zero-order valence-corrected chi connectivity index (χ0v) is 10.1. The van der Waals surface area contributed by atoms with Crippen molar-refractivity contribution in [1.29, 1.82) is 0 Å². The highest BCUT2D eigenvalue weighted by Gasteiger charge is 2.21. The molecule has 1 atom stereocenters. The van der Waals surface area contributed by atoms with Gasteiger partial charge in [0.25, 0.3) is 5.91 Å². The molecule has 5 nitrogen and oxygen atoms in total. The average molecular weight is 306 g/mol. The molecular weight excluding hydrogens is 297 g/mol. The zero-order chi connectivity index (χ0) is 13.0. The minimum Gasteiger partial charge on any atom is -0.480 e. The van der Waals surface area contributed by atoms with Crippen LogP contribution >= 0.6 is 15.9 Å². The van der Waals surface area contributed by atoms with E-state index in [-0.39, 0.29) is 5.56 Å². The normalized spacial score (nSPS) is 11.9. The van der Waals surface area contributed by atoms with Crippen LogP contribution in [-0.4, -0.2) is 34.7 Å². The Balaban J connectivity index is 2.89. The number of hydrogen-bond acceptors (Lipinski definition) is 3. The maximum atomic E-state index is 12.9. The van der Waals surface area contributed by atoms with Gasteiger partial charge in [-0.1, -0.05) is 0 Å². The maximum Gasteiger partial charge on any atom is 0.328 e. The quantitative estimate of drug-likeness (QED) is 0.766. The van der Waals surface area contributed by atoms with E-state index in [2.05, 4.69) is 21.2 Å². The summed E-state index contributed by atoms with van der Waals surface area (Å²) in [6, 6.07) is 2.04. The van der Waals surface area contributed by atoms with Gasteiger partial charge in [-0.3, -0.25) is 4.79 Å². The minimum atomic E-state index is -1.42. The van der Waals surface area contributed by atoms with Gasteiger partial charge in [-0.25, -0.2) is 9.18 Å². The van der Waals surface area contributed by atoms with Crippen LogP contribution in [0.2, 0.25) is 0 Å². The molecule has 92 valence electrons. The molecule has 1 unspecified atom stereocenters. The summed E-state index contributed by atoms with van der Waals surface area (Å²) in [6.07, 6.45) is 0. The highest BCUT2D eigenvalue weighted by molar-refractivity contribution is 9.10. The van der Waals surface area contributed by atoms with Gasteiger partial charge in [-0.15, -0.1) is 0 Å². The Hall–Kier alpha value is -1.47. The monoisotopic (exact) mass is 305 g/mol. The summed E-state index contributed by atoms with van der Waals surface area (Å²) in [5.74, 6) is -2.76. The van der Waals surface area contributed by atoms with Crippen LogP contribution in [0.3, 0.4) is 0 Å². The number of carboxylic acid groups (broad SMARTS) is 1. The molecule has 17 heavy (non-hydrogen) atoms. The summed E-state index contributed by atoms with van der Waals surface area (Å²) in [5.41, 5.74) is -0.0373. The highest BCUT2D eigenvalue weighted by Crippen LogP contribution is 2.17. The number of aliphatic hydroxyl groups excluding tert-OH is 1. The number of nitrogens with one attached hydrogen (secondary N) is 1. The van der Waals surface area contributed by atoms with Gasteiger partial charge < -0.3 is 15.5 Å². The number of carbonyl (C=O) groups excluding carboxylic acids is 1. The number of aliphatic hydroxyl groups is 1. The molecule has 1 aromatic carbocycles. The molecule has 0 aliphatic carbocycles. The molecule has 0 bridgehead atoms. The Morgan fingerprint density at radius 1 is 1.47 bits per heavy atom. The van der Waals surface area contributed by atoms with Crippen molar-refractivity contribution in [1.82, 2.24) is 5.32 Å². The molecule has 1 amide bonds. The van der Waals surface area contributed by atoms with E-state index in [1.54, 1.807) is 0 Å². The molecule has 0 aliphatic rings. The lowest BCUT2D eigenvalue weighted by Gasteiger charge is -2.12. The second-order valence-corrected chi connectivity index (χ2v) is 4.03. The molecule has 0 radical (unpaired) electrons. The van der Waals surface area contributed by atoms with E-state index in [4.69, 9.17) is 10.2 Å². The molecule has 0 fully saturated rings. The third-order valence-corrected chi connectivity index (χ3v) is 2.65. The minimum absolute atomic E-state index is 0.0373. The smallest absolute Gasteiger partial charge is 0.328 e. The van der Waals surface area contributed by atoms with Gasteiger partial charge >= 0.3 is 5.97 Å². The summed E-state index contributed by atoms with van der Waals surface area (Å²) in [4.78, 5) is 22.2. The second-order valence-electron chi connectivity index (χ2n) is 3.17. The zero-order valence-electron chi connectivity index (χ0n) is 8.48. The first-order chi connectivity index (χ1) is 7.95. The Labute approximate surface area is 104 Å². The van der Waals surface area contributed by atoms with Crippen LogP contribution in [0.1, 0.15) is 10.4 Å². The number of benzene rings is 1. The predicted octanol–water partition coefficient (Wildman–Crippen LogP) is 0.764. The van der Waals surface area contributed by atoms with Crippen molar-refractivity contribution in [3.05, 3.63) is 34.1 Å². The van der Waals surface area contributed by atoms with Gasteiger partial charge in [0.05, 0.1) is 12.2 Å². The van der Waals surface area contributed by atoms with E-state index >= 15 is 0 Å². The number of aliphatic carboxylic acids is 1. The van der Waals surface area contributed by atoms with Crippen LogP contribution in [0.25, 0.3) is 0 Å². The molecule has 3 N–H and O–H groups in total. The highest BCUT2D eigenvalue weighted by atomic mass is 79.9. The van der Waals surface area contributed by atoms with Gasteiger partial charge in [-0.05, 0) is 34.1 Å².